The van der Waals surface area contributed by atoms with E-state index in [2.05, 4.69) is 20.5 Å². The molecule has 5 N–H and O–H groups in total. The van der Waals surface area contributed by atoms with Crippen LogP contribution >= 0.6 is 0 Å². The van der Waals surface area contributed by atoms with E-state index in [1.807, 2.05) is 31.2 Å². The minimum absolute atomic E-state index is 0.265. The van der Waals surface area contributed by atoms with Gasteiger partial charge >= 0.3 is 0 Å². The van der Waals surface area contributed by atoms with Gasteiger partial charge in [0.05, 0.1) is 5.69 Å². The summed E-state index contributed by atoms with van der Waals surface area (Å²) in [5.41, 5.74) is 9.94. The number of aromatic amines is 2. The number of anilines is 1. The molecule has 4 rings (SSSR count). The summed E-state index contributed by atoms with van der Waals surface area (Å²) in [4.78, 5) is 15.4. The number of nitrogens with two attached hydrogens (primary N) is 1. The monoisotopic (exact) mass is 363 g/mol. The summed E-state index contributed by atoms with van der Waals surface area (Å²) in [6.45, 7) is 2.31. The van der Waals surface area contributed by atoms with Crippen LogP contribution in [0.4, 0.5) is 10.2 Å². The molecular weight excluding hydrogens is 345 g/mol. The number of aromatic nitrogens is 3. The van der Waals surface area contributed by atoms with Gasteiger partial charge in [0.2, 0.25) is 0 Å². The largest absolute Gasteiger partial charge is 0.382 e. The summed E-state index contributed by atoms with van der Waals surface area (Å²) < 4.78 is 14.2. The highest BCUT2D eigenvalue weighted by Crippen LogP contribution is 2.31. The van der Waals surface area contributed by atoms with Gasteiger partial charge in [-0.2, -0.15) is 5.10 Å². The van der Waals surface area contributed by atoms with Crippen molar-refractivity contribution in [1.29, 1.82) is 0 Å². The summed E-state index contributed by atoms with van der Waals surface area (Å²) in [6.07, 6.45) is 0. The number of carbonyl (C=O) groups excluding carboxylic acids is 1. The van der Waals surface area contributed by atoms with Crippen LogP contribution in [0.15, 0.2) is 48.5 Å². The molecule has 7 heteroatoms. The lowest BCUT2D eigenvalue weighted by Crippen LogP contribution is -2.23. The molecule has 2 aromatic carbocycles. The minimum Gasteiger partial charge on any atom is -0.382 e. The number of nitrogens with zero attached hydrogens (tertiary/aromatic N) is 1. The van der Waals surface area contributed by atoms with Crippen LogP contribution in [0, 0.1) is 12.7 Å². The molecule has 0 aliphatic carbocycles. The Bertz CT molecular complexity index is 1140. The normalized spacial score (nSPS) is 11.0. The molecule has 4 aromatic rings. The number of hydrogen-bond donors (Lipinski definition) is 4. The maximum Gasteiger partial charge on any atom is 0.269 e. The summed E-state index contributed by atoms with van der Waals surface area (Å²) in [7, 11) is 0. The lowest BCUT2D eigenvalue weighted by Gasteiger charge is -2.04. The predicted molar refractivity (Wildman–Crippen MR) is 103 cm³/mol. The van der Waals surface area contributed by atoms with Crippen molar-refractivity contribution in [3.63, 3.8) is 0 Å². The molecule has 0 unspecified atom stereocenters. The summed E-state index contributed by atoms with van der Waals surface area (Å²) in [6, 6.07) is 14.0. The Morgan fingerprint density at radius 3 is 2.78 bits per heavy atom. The highest BCUT2D eigenvalue weighted by atomic mass is 19.1. The highest BCUT2D eigenvalue weighted by Gasteiger charge is 2.14. The van der Waals surface area contributed by atoms with Gasteiger partial charge in [0.1, 0.15) is 17.3 Å². The van der Waals surface area contributed by atoms with Crippen molar-refractivity contribution in [2.45, 2.75) is 13.5 Å². The predicted octanol–water partition coefficient (Wildman–Crippen LogP) is 3.52. The number of rotatable bonds is 4. The van der Waals surface area contributed by atoms with Crippen LogP contribution in [-0.2, 0) is 6.54 Å². The lowest BCUT2D eigenvalue weighted by molar-refractivity contribution is 0.0946. The first-order chi connectivity index (χ1) is 13.0. The second-order valence-electron chi connectivity index (χ2n) is 6.37. The smallest absolute Gasteiger partial charge is 0.269 e. The molecule has 2 heterocycles. The zero-order valence-corrected chi connectivity index (χ0v) is 14.6. The van der Waals surface area contributed by atoms with Crippen molar-refractivity contribution >= 4 is 22.6 Å². The van der Waals surface area contributed by atoms with Gasteiger partial charge in [-0.1, -0.05) is 18.2 Å². The molecule has 0 fully saturated rings. The molecule has 0 spiro atoms. The Morgan fingerprint density at radius 1 is 1.22 bits per heavy atom. The standard InChI is InChI=1S/C20H18FN5O/c1-11-14-8-12(10-23-20(27)17-9-18(22)26-25-17)6-7-16(14)24-19(11)13-4-2-3-5-15(13)21/h2-9,24H,10H2,1H3,(H,23,27)(H3,22,25,26). The Labute approximate surface area is 154 Å². The Hall–Kier alpha value is -3.61. The summed E-state index contributed by atoms with van der Waals surface area (Å²) in [5.74, 6) is -0.277. The van der Waals surface area contributed by atoms with Gasteiger partial charge in [-0.25, -0.2) is 4.39 Å². The van der Waals surface area contributed by atoms with E-state index in [1.165, 1.54) is 12.1 Å². The average molecular weight is 363 g/mol. The fourth-order valence-electron chi connectivity index (χ4n) is 3.15. The summed E-state index contributed by atoms with van der Waals surface area (Å²) >= 11 is 0. The molecule has 0 aliphatic heterocycles. The van der Waals surface area contributed by atoms with Crippen molar-refractivity contribution in [3.8, 4) is 11.3 Å². The van der Waals surface area contributed by atoms with Crippen LogP contribution < -0.4 is 11.1 Å². The number of nitrogens with one attached hydrogen (secondary N) is 3. The maximum absolute atomic E-state index is 14.2. The molecular formula is C20H18FN5O. The van der Waals surface area contributed by atoms with Gasteiger partial charge in [-0.3, -0.25) is 9.89 Å². The van der Waals surface area contributed by atoms with E-state index >= 15 is 0 Å². The molecule has 1 amide bonds. The molecule has 136 valence electrons. The van der Waals surface area contributed by atoms with Crippen molar-refractivity contribution < 1.29 is 9.18 Å². The van der Waals surface area contributed by atoms with Crippen LogP contribution in [0.25, 0.3) is 22.2 Å². The zero-order chi connectivity index (χ0) is 19.0. The van der Waals surface area contributed by atoms with Gasteiger partial charge in [-0.05, 0) is 42.3 Å². The molecule has 0 bridgehead atoms. The summed E-state index contributed by atoms with van der Waals surface area (Å²) in [5, 5.41) is 10.1. The second kappa shape index (κ2) is 6.60. The molecule has 27 heavy (non-hydrogen) atoms. The first-order valence-corrected chi connectivity index (χ1v) is 8.48. The van der Waals surface area contributed by atoms with E-state index in [-0.39, 0.29) is 17.5 Å². The molecule has 0 saturated carbocycles. The van der Waals surface area contributed by atoms with E-state index < -0.39 is 0 Å². The Kier molecular flexibility index (Phi) is 4.12. The Balaban J connectivity index is 1.60. The Morgan fingerprint density at radius 2 is 2.04 bits per heavy atom. The van der Waals surface area contributed by atoms with Crippen molar-refractivity contribution in [3.05, 3.63) is 71.2 Å². The second-order valence-corrected chi connectivity index (χ2v) is 6.37. The number of fused-ring (bicyclic) bond motifs is 1. The average Bonchev–Trinajstić information content (AvgIpc) is 3.24. The third-order valence-electron chi connectivity index (χ3n) is 4.56. The van der Waals surface area contributed by atoms with Gasteiger partial charge in [-0.15, -0.1) is 0 Å². The maximum atomic E-state index is 14.2. The van der Waals surface area contributed by atoms with E-state index in [1.54, 1.807) is 12.1 Å². The minimum atomic E-state index is -0.280. The number of aryl methyl sites for hydroxylation is 1. The molecule has 0 saturated heterocycles. The van der Waals surface area contributed by atoms with Gasteiger partial charge < -0.3 is 16.0 Å². The lowest BCUT2D eigenvalue weighted by atomic mass is 10.0. The number of benzene rings is 2. The molecule has 0 radical (unpaired) electrons. The first-order valence-electron chi connectivity index (χ1n) is 8.48. The molecule has 0 atom stereocenters. The highest BCUT2D eigenvalue weighted by molar-refractivity contribution is 5.93. The van der Waals surface area contributed by atoms with Gasteiger partial charge in [0, 0.05) is 29.1 Å². The van der Waals surface area contributed by atoms with E-state index in [0.717, 1.165) is 27.7 Å². The fourth-order valence-corrected chi connectivity index (χ4v) is 3.15. The number of H-pyrrole nitrogens is 2. The van der Waals surface area contributed by atoms with Crippen LogP contribution in [0.3, 0.4) is 0 Å². The van der Waals surface area contributed by atoms with Crippen LogP contribution in [0.5, 0.6) is 0 Å². The van der Waals surface area contributed by atoms with E-state index in [9.17, 15) is 9.18 Å². The third kappa shape index (κ3) is 3.15. The van der Waals surface area contributed by atoms with Gasteiger partial charge in [0.25, 0.3) is 5.91 Å². The van der Waals surface area contributed by atoms with Gasteiger partial charge in [0.15, 0.2) is 0 Å². The molecule has 6 nitrogen and oxygen atoms in total. The quantitative estimate of drug-likeness (QED) is 0.446. The zero-order valence-electron chi connectivity index (χ0n) is 14.6. The SMILES string of the molecule is Cc1c(-c2ccccc2F)[nH]c2ccc(CNC(=O)c3cc(N)n[nH]3)cc12. The third-order valence-corrected chi connectivity index (χ3v) is 4.56. The number of amides is 1. The molecule has 2 aromatic heterocycles. The number of carbonyl (C=O) groups is 1. The topological polar surface area (TPSA) is 99.6 Å². The number of halogens is 1. The number of nitrogen functional groups attached to an aromatic ring is 1. The van der Waals surface area contributed by atoms with Crippen molar-refractivity contribution in [1.82, 2.24) is 20.5 Å². The number of hydrogen-bond acceptors (Lipinski definition) is 3. The molecule has 0 aliphatic rings. The van der Waals surface area contributed by atoms with E-state index in [4.69, 9.17) is 5.73 Å². The van der Waals surface area contributed by atoms with Crippen LogP contribution in [0.2, 0.25) is 0 Å². The van der Waals surface area contributed by atoms with Crippen molar-refractivity contribution in [2.24, 2.45) is 0 Å². The van der Waals surface area contributed by atoms with Crippen LogP contribution in [0.1, 0.15) is 21.6 Å². The van der Waals surface area contributed by atoms with Crippen molar-refractivity contribution in [2.75, 3.05) is 5.73 Å². The van der Waals surface area contributed by atoms with E-state index in [0.29, 0.717) is 17.8 Å². The fraction of sp³-hybridized carbons (Fsp3) is 0.100. The van der Waals surface area contributed by atoms with Crippen LogP contribution in [-0.4, -0.2) is 21.1 Å². The first kappa shape index (κ1) is 16.8.